The van der Waals surface area contributed by atoms with E-state index in [1.54, 1.807) is 11.8 Å². The van der Waals surface area contributed by atoms with Crippen molar-refractivity contribution in [1.82, 2.24) is 10.6 Å². The molecule has 0 aliphatic heterocycles. The summed E-state index contributed by atoms with van der Waals surface area (Å²) in [6.07, 6.45) is -0.183. The Hall–Kier alpha value is -1.73. The number of ether oxygens (including phenoxy) is 1. The van der Waals surface area contributed by atoms with Gasteiger partial charge in [-0.25, -0.2) is 4.79 Å². The SMILES string of the molecule is CNC(=O)NC(=O)[C@H](C)OC(=O)CCCSc1ccc(Cl)cc1. The molecular weight excluding hydrogens is 340 g/mol. The number of amides is 3. The fraction of sp³-hybridized carbons (Fsp3) is 0.400. The summed E-state index contributed by atoms with van der Waals surface area (Å²) in [6, 6.07) is 6.81. The van der Waals surface area contributed by atoms with Crippen LogP contribution in [0.4, 0.5) is 4.79 Å². The van der Waals surface area contributed by atoms with E-state index in [1.807, 2.05) is 29.6 Å². The smallest absolute Gasteiger partial charge is 0.321 e. The molecule has 0 aromatic heterocycles. The van der Waals surface area contributed by atoms with E-state index in [9.17, 15) is 14.4 Å². The number of hydrogen-bond acceptors (Lipinski definition) is 5. The first-order valence-electron chi connectivity index (χ1n) is 7.02. The zero-order chi connectivity index (χ0) is 17.2. The molecule has 2 N–H and O–H groups in total. The Kier molecular flexibility index (Phi) is 8.50. The molecule has 6 nitrogen and oxygen atoms in total. The lowest BCUT2D eigenvalue weighted by molar-refractivity contribution is -0.154. The molecule has 0 bridgehead atoms. The van der Waals surface area contributed by atoms with Gasteiger partial charge in [0.15, 0.2) is 6.10 Å². The van der Waals surface area contributed by atoms with Gasteiger partial charge in [0.05, 0.1) is 0 Å². The maximum atomic E-state index is 11.6. The van der Waals surface area contributed by atoms with Crippen LogP contribution in [0.2, 0.25) is 5.02 Å². The lowest BCUT2D eigenvalue weighted by atomic mass is 10.3. The molecule has 1 rings (SSSR count). The highest BCUT2D eigenvalue weighted by atomic mass is 35.5. The molecule has 0 radical (unpaired) electrons. The van der Waals surface area contributed by atoms with Crippen molar-refractivity contribution >= 4 is 41.3 Å². The molecule has 0 saturated heterocycles. The van der Waals surface area contributed by atoms with E-state index >= 15 is 0 Å². The Morgan fingerprint density at radius 3 is 2.52 bits per heavy atom. The third kappa shape index (κ3) is 7.90. The molecule has 126 valence electrons. The van der Waals surface area contributed by atoms with Crippen molar-refractivity contribution in [1.29, 1.82) is 0 Å². The summed E-state index contributed by atoms with van der Waals surface area (Å²) < 4.78 is 4.97. The first kappa shape index (κ1) is 19.3. The van der Waals surface area contributed by atoms with Gasteiger partial charge in [-0.15, -0.1) is 11.8 Å². The maximum absolute atomic E-state index is 11.6. The number of nitrogens with one attached hydrogen (secondary N) is 2. The summed E-state index contributed by atoms with van der Waals surface area (Å²) in [7, 11) is 1.39. The molecule has 1 aromatic rings. The van der Waals surface area contributed by atoms with Crippen molar-refractivity contribution in [3.05, 3.63) is 29.3 Å². The Bertz CT molecular complexity index is 551. The van der Waals surface area contributed by atoms with Crippen LogP contribution in [0.15, 0.2) is 29.2 Å². The maximum Gasteiger partial charge on any atom is 0.321 e. The van der Waals surface area contributed by atoms with E-state index in [-0.39, 0.29) is 6.42 Å². The zero-order valence-corrected chi connectivity index (χ0v) is 14.5. The van der Waals surface area contributed by atoms with Crippen LogP contribution < -0.4 is 10.6 Å². The first-order chi connectivity index (χ1) is 10.9. The summed E-state index contributed by atoms with van der Waals surface area (Å²) in [5, 5.41) is 4.97. The summed E-state index contributed by atoms with van der Waals surface area (Å²) in [5.41, 5.74) is 0. The van der Waals surface area contributed by atoms with E-state index in [0.29, 0.717) is 11.4 Å². The molecule has 0 spiro atoms. The Balaban J connectivity index is 2.22. The van der Waals surface area contributed by atoms with Crippen LogP contribution >= 0.6 is 23.4 Å². The normalized spacial score (nSPS) is 11.4. The van der Waals surface area contributed by atoms with Crippen molar-refractivity contribution in [2.24, 2.45) is 0 Å². The lowest BCUT2D eigenvalue weighted by Gasteiger charge is -2.12. The van der Waals surface area contributed by atoms with Gasteiger partial charge in [0.2, 0.25) is 0 Å². The fourth-order valence-corrected chi connectivity index (χ4v) is 2.50. The first-order valence-corrected chi connectivity index (χ1v) is 8.39. The summed E-state index contributed by atoms with van der Waals surface area (Å²) >= 11 is 7.41. The quantitative estimate of drug-likeness (QED) is 0.444. The van der Waals surface area contributed by atoms with Gasteiger partial charge >= 0.3 is 12.0 Å². The Labute approximate surface area is 144 Å². The average Bonchev–Trinajstić information content (AvgIpc) is 2.52. The second-order valence-corrected chi connectivity index (χ2v) is 6.21. The fourth-order valence-electron chi connectivity index (χ4n) is 1.52. The second kappa shape index (κ2) is 10.1. The van der Waals surface area contributed by atoms with E-state index in [1.165, 1.54) is 14.0 Å². The molecule has 0 fully saturated rings. The third-order valence-corrected chi connectivity index (χ3v) is 4.10. The highest BCUT2D eigenvalue weighted by Crippen LogP contribution is 2.21. The molecule has 1 atom stereocenters. The number of carbonyl (C=O) groups is 3. The number of benzene rings is 1. The average molecular weight is 359 g/mol. The summed E-state index contributed by atoms with van der Waals surface area (Å²) in [5.74, 6) is -0.385. The number of esters is 1. The minimum atomic E-state index is -1.01. The van der Waals surface area contributed by atoms with Gasteiger partial charge in [-0.05, 0) is 43.4 Å². The second-order valence-electron chi connectivity index (χ2n) is 4.61. The molecule has 3 amide bonds. The van der Waals surface area contributed by atoms with Crippen LogP contribution in [0.1, 0.15) is 19.8 Å². The van der Waals surface area contributed by atoms with Gasteiger partial charge in [0, 0.05) is 23.4 Å². The molecule has 0 aliphatic rings. The van der Waals surface area contributed by atoms with E-state index < -0.39 is 24.0 Å². The van der Waals surface area contributed by atoms with E-state index in [4.69, 9.17) is 16.3 Å². The molecule has 0 saturated carbocycles. The van der Waals surface area contributed by atoms with Crippen molar-refractivity contribution < 1.29 is 19.1 Å². The predicted octanol–water partition coefficient (Wildman–Crippen LogP) is 2.60. The van der Waals surface area contributed by atoms with E-state index in [0.717, 1.165) is 10.6 Å². The minimum Gasteiger partial charge on any atom is -0.453 e. The number of imide groups is 1. The van der Waals surface area contributed by atoms with Crippen LogP contribution in [0, 0.1) is 0 Å². The van der Waals surface area contributed by atoms with Gasteiger partial charge in [-0.3, -0.25) is 14.9 Å². The molecule has 0 heterocycles. The largest absolute Gasteiger partial charge is 0.453 e. The number of halogens is 1. The topological polar surface area (TPSA) is 84.5 Å². The summed E-state index contributed by atoms with van der Waals surface area (Å²) in [4.78, 5) is 35.2. The van der Waals surface area contributed by atoms with Gasteiger partial charge in [0.25, 0.3) is 5.91 Å². The van der Waals surface area contributed by atoms with Crippen LogP contribution in [0.5, 0.6) is 0 Å². The molecule has 1 aromatic carbocycles. The number of carbonyl (C=O) groups excluding carboxylic acids is 3. The van der Waals surface area contributed by atoms with Crippen LogP contribution in [0.3, 0.4) is 0 Å². The minimum absolute atomic E-state index is 0.207. The number of urea groups is 1. The zero-order valence-electron chi connectivity index (χ0n) is 12.9. The molecule has 0 unspecified atom stereocenters. The standard InChI is InChI=1S/C15H19ClN2O4S/c1-10(14(20)18-15(21)17-2)22-13(19)4-3-9-23-12-7-5-11(16)6-8-12/h5-8,10H,3-4,9H2,1-2H3,(H2,17,18,20,21)/t10-/m0/s1. The van der Waals surface area contributed by atoms with Crippen molar-refractivity contribution in [2.75, 3.05) is 12.8 Å². The highest BCUT2D eigenvalue weighted by Gasteiger charge is 2.19. The molecule has 23 heavy (non-hydrogen) atoms. The van der Waals surface area contributed by atoms with E-state index in [2.05, 4.69) is 5.32 Å². The van der Waals surface area contributed by atoms with Gasteiger partial charge in [-0.1, -0.05) is 11.6 Å². The number of thioether (sulfide) groups is 1. The van der Waals surface area contributed by atoms with Crippen LogP contribution in [-0.4, -0.2) is 36.8 Å². The van der Waals surface area contributed by atoms with Crippen molar-refractivity contribution in [3.63, 3.8) is 0 Å². The molecule has 8 heteroatoms. The lowest BCUT2D eigenvalue weighted by Crippen LogP contribution is -2.43. The molecule has 0 aliphatic carbocycles. The monoisotopic (exact) mass is 358 g/mol. The van der Waals surface area contributed by atoms with Gasteiger partial charge in [-0.2, -0.15) is 0 Å². The third-order valence-electron chi connectivity index (χ3n) is 2.75. The number of hydrogen-bond donors (Lipinski definition) is 2. The predicted molar refractivity (Wildman–Crippen MR) is 89.6 cm³/mol. The van der Waals surface area contributed by atoms with Crippen LogP contribution in [0.25, 0.3) is 0 Å². The van der Waals surface area contributed by atoms with Gasteiger partial charge < -0.3 is 10.1 Å². The van der Waals surface area contributed by atoms with Crippen molar-refractivity contribution in [3.8, 4) is 0 Å². The summed E-state index contributed by atoms with van der Waals surface area (Å²) in [6.45, 7) is 1.42. The van der Waals surface area contributed by atoms with Gasteiger partial charge in [0.1, 0.15) is 0 Å². The Morgan fingerprint density at radius 2 is 1.91 bits per heavy atom. The van der Waals surface area contributed by atoms with Crippen molar-refractivity contribution in [2.45, 2.75) is 30.8 Å². The molecular formula is C15H19ClN2O4S. The Morgan fingerprint density at radius 1 is 1.26 bits per heavy atom. The number of rotatable bonds is 7. The van der Waals surface area contributed by atoms with Crippen LogP contribution in [-0.2, 0) is 14.3 Å². The highest BCUT2D eigenvalue weighted by molar-refractivity contribution is 7.99.